The molecule has 1 aliphatic rings. The van der Waals surface area contributed by atoms with E-state index >= 15 is 0 Å². The summed E-state index contributed by atoms with van der Waals surface area (Å²) in [6, 6.07) is 2.60. The first-order valence-electron chi connectivity index (χ1n) is 9.03. The van der Waals surface area contributed by atoms with Crippen molar-refractivity contribution in [3.63, 3.8) is 0 Å². The summed E-state index contributed by atoms with van der Waals surface area (Å²) < 4.78 is 24.1. The molecule has 3 unspecified atom stereocenters. The molecule has 0 aromatic heterocycles. The Hall–Kier alpha value is 0.491. The van der Waals surface area contributed by atoms with Crippen LogP contribution >= 0.6 is 0 Å². The van der Waals surface area contributed by atoms with E-state index in [0.717, 1.165) is 6.42 Å². The van der Waals surface area contributed by atoms with Crippen LogP contribution in [-0.4, -0.2) is 51.7 Å². The lowest BCUT2D eigenvalue weighted by Crippen LogP contribution is -2.65. The van der Waals surface area contributed by atoms with Gasteiger partial charge in [-0.15, -0.1) is 0 Å². The van der Waals surface area contributed by atoms with E-state index < -0.39 is 24.2 Å². The molecule has 0 spiro atoms. The van der Waals surface area contributed by atoms with Crippen molar-refractivity contribution in [3.05, 3.63) is 0 Å². The van der Waals surface area contributed by atoms with Crippen LogP contribution in [-0.2, 0) is 17.7 Å². The smallest absolute Gasteiger partial charge is 0.417 e. The zero-order chi connectivity index (χ0) is 17.7. The third-order valence-electron chi connectivity index (χ3n) is 6.01. The zero-order valence-corrected chi connectivity index (χ0v) is 19.5. The Morgan fingerprint density at radius 1 is 1.13 bits per heavy atom. The van der Waals surface area contributed by atoms with Crippen molar-refractivity contribution in [2.24, 2.45) is 0 Å². The Morgan fingerprint density at radius 2 is 1.70 bits per heavy atom. The first-order valence-corrected chi connectivity index (χ1v) is 17.7. The van der Waals surface area contributed by atoms with Gasteiger partial charge in [-0.05, 0) is 38.9 Å². The minimum atomic E-state index is -2.59. The van der Waals surface area contributed by atoms with E-state index in [0.29, 0.717) is 11.6 Å². The molecule has 0 aliphatic carbocycles. The van der Waals surface area contributed by atoms with Crippen LogP contribution in [0.5, 0.6) is 0 Å². The monoisotopic (exact) mass is 378 g/mol. The summed E-state index contributed by atoms with van der Waals surface area (Å²) in [5.74, 6) is 0. The van der Waals surface area contributed by atoms with Gasteiger partial charge in [-0.2, -0.15) is 0 Å². The van der Waals surface area contributed by atoms with Gasteiger partial charge in [0.15, 0.2) is 7.83 Å². The van der Waals surface area contributed by atoms with Crippen molar-refractivity contribution in [1.82, 2.24) is 0 Å². The van der Waals surface area contributed by atoms with Crippen molar-refractivity contribution >= 4 is 24.2 Å². The normalized spacial score (nSPS) is 29.5. The van der Waals surface area contributed by atoms with E-state index in [2.05, 4.69) is 33.5 Å². The van der Waals surface area contributed by atoms with Gasteiger partial charge in [-0.3, -0.25) is 0 Å². The summed E-state index contributed by atoms with van der Waals surface area (Å²) >= 11 is 0. The molecular weight excluding hydrogens is 340 g/mol. The van der Waals surface area contributed by atoms with Crippen molar-refractivity contribution in [3.8, 4) is 0 Å². The lowest BCUT2D eigenvalue weighted by Gasteiger charge is -2.49. The van der Waals surface area contributed by atoms with Crippen molar-refractivity contribution in [2.75, 3.05) is 21.3 Å². The van der Waals surface area contributed by atoms with E-state index in [1.165, 1.54) is 31.4 Å². The van der Waals surface area contributed by atoms with Gasteiger partial charge in [-0.1, -0.05) is 32.4 Å². The Balaban J connectivity index is 3.04. The Morgan fingerprint density at radius 3 is 2.13 bits per heavy atom. The van der Waals surface area contributed by atoms with Gasteiger partial charge in [0.05, 0.1) is 7.59 Å². The second-order valence-electron chi connectivity index (χ2n) is 7.80. The van der Waals surface area contributed by atoms with Gasteiger partial charge < -0.3 is 17.7 Å². The minimum absolute atomic E-state index is 0.405. The lowest BCUT2D eigenvalue weighted by molar-refractivity contribution is 0.111. The highest BCUT2D eigenvalue weighted by Gasteiger charge is 2.56. The second kappa shape index (κ2) is 8.73. The summed E-state index contributed by atoms with van der Waals surface area (Å²) in [5, 5.41) is 0. The molecule has 4 nitrogen and oxygen atoms in total. The van der Waals surface area contributed by atoms with Crippen LogP contribution in [0.4, 0.5) is 0 Å². The number of hydrogen-bond acceptors (Lipinski definition) is 4. The number of rotatable bonds is 9. The molecule has 0 aromatic carbocycles. The molecule has 1 fully saturated rings. The quantitative estimate of drug-likeness (QED) is 0.550. The molecule has 1 saturated heterocycles. The molecular formula is C16H38O4Si3. The van der Waals surface area contributed by atoms with E-state index in [4.69, 9.17) is 17.7 Å². The molecule has 0 amide bonds. The fourth-order valence-corrected chi connectivity index (χ4v) is 20.0. The highest BCUT2D eigenvalue weighted by atomic mass is 29.3. The van der Waals surface area contributed by atoms with Crippen LogP contribution in [0.3, 0.4) is 0 Å². The van der Waals surface area contributed by atoms with Gasteiger partial charge in [0.25, 0.3) is 0 Å². The summed E-state index contributed by atoms with van der Waals surface area (Å²) in [7, 11) is -0.429. The van der Waals surface area contributed by atoms with Crippen molar-refractivity contribution in [1.29, 1.82) is 0 Å². The lowest BCUT2D eigenvalue weighted by atomic mass is 10.2. The minimum Gasteiger partial charge on any atom is -0.417 e. The van der Waals surface area contributed by atoms with E-state index in [-0.39, 0.29) is 0 Å². The molecule has 1 aliphatic heterocycles. The molecule has 138 valence electrons. The fourth-order valence-electron chi connectivity index (χ4n) is 4.02. The van der Waals surface area contributed by atoms with Gasteiger partial charge in [0.1, 0.15) is 0 Å². The largest absolute Gasteiger partial charge is 0.503 e. The molecule has 1 heterocycles. The van der Waals surface area contributed by atoms with E-state index in [9.17, 15) is 0 Å². The van der Waals surface area contributed by atoms with Gasteiger partial charge in [0.2, 0.25) is 0 Å². The highest BCUT2D eigenvalue weighted by Crippen LogP contribution is 2.44. The van der Waals surface area contributed by atoms with Crippen molar-refractivity contribution < 1.29 is 17.7 Å². The van der Waals surface area contributed by atoms with Crippen LogP contribution in [0.25, 0.3) is 0 Å². The van der Waals surface area contributed by atoms with Crippen LogP contribution in [0.2, 0.25) is 37.3 Å². The molecule has 0 saturated carbocycles. The van der Waals surface area contributed by atoms with E-state index in [1.54, 1.807) is 21.3 Å². The summed E-state index contributed by atoms with van der Waals surface area (Å²) in [4.78, 5) is 0. The van der Waals surface area contributed by atoms with Crippen molar-refractivity contribution in [2.45, 2.75) is 82.9 Å². The molecule has 7 heteroatoms. The Labute approximate surface area is 146 Å². The maximum Gasteiger partial charge on any atom is 0.503 e. The molecule has 0 aromatic rings. The van der Waals surface area contributed by atoms with Crippen LogP contribution in [0, 0.1) is 0 Å². The second-order valence-corrected chi connectivity index (χ2v) is 25.6. The number of hydrogen-bond donors (Lipinski definition) is 0. The molecule has 0 radical (unpaired) electrons. The van der Waals surface area contributed by atoms with E-state index in [1.807, 2.05) is 0 Å². The zero-order valence-electron chi connectivity index (χ0n) is 16.5. The molecule has 0 N–H and O–H groups in total. The maximum atomic E-state index is 6.50. The third-order valence-corrected chi connectivity index (χ3v) is 26.7. The van der Waals surface area contributed by atoms with Crippen LogP contribution < -0.4 is 0 Å². The first-order chi connectivity index (χ1) is 10.7. The molecule has 23 heavy (non-hydrogen) atoms. The predicted octanol–water partition coefficient (Wildman–Crippen LogP) is 4.60. The highest BCUT2D eigenvalue weighted by molar-refractivity contribution is 7.39. The van der Waals surface area contributed by atoms with Crippen LogP contribution in [0.15, 0.2) is 0 Å². The Bertz CT molecular complexity index is 355. The van der Waals surface area contributed by atoms with Gasteiger partial charge >= 0.3 is 8.80 Å². The average Bonchev–Trinajstić information content (AvgIpc) is 2.50. The molecule has 1 rings (SSSR count). The summed E-state index contributed by atoms with van der Waals surface area (Å²) in [6.45, 7) is 11.9. The average molecular weight is 379 g/mol. The summed E-state index contributed by atoms with van der Waals surface area (Å²) in [6.07, 6.45) is 5.19. The predicted molar refractivity (Wildman–Crippen MR) is 104 cm³/mol. The summed E-state index contributed by atoms with van der Waals surface area (Å²) in [5.41, 5.74) is 0.405. The SMILES string of the molecule is CCCCC(C[Si]1(C)CCC(C)O[Si]1(C)C)[Si](OC)(OC)OC. The number of unbranched alkanes of at least 4 members (excludes halogenated alkanes) is 1. The van der Waals surface area contributed by atoms with Gasteiger partial charge in [0, 0.05) is 33.0 Å². The fraction of sp³-hybridized carbons (Fsp3) is 1.00. The third kappa shape index (κ3) is 4.77. The topological polar surface area (TPSA) is 36.9 Å². The van der Waals surface area contributed by atoms with Gasteiger partial charge in [-0.25, -0.2) is 0 Å². The molecule has 3 atom stereocenters. The standard InChI is InChI=1S/C16H38O4Si3/c1-9-10-11-16(23(17-3,18-4)19-5)14-22(8)13-12-15(2)20-21(22,6)7/h15-16H,9-14H2,1-8H3. The maximum absolute atomic E-state index is 6.50. The first kappa shape index (κ1) is 21.5. The Kier molecular flexibility index (Phi) is 8.17. The van der Waals surface area contributed by atoms with Crippen LogP contribution in [0.1, 0.15) is 39.5 Å². The molecule has 0 bridgehead atoms.